The zero-order valence-corrected chi connectivity index (χ0v) is 18.9. The van der Waals surface area contributed by atoms with Gasteiger partial charge in [-0.3, -0.25) is 0 Å². The predicted octanol–water partition coefficient (Wildman–Crippen LogP) is 5.20. The van der Waals surface area contributed by atoms with Gasteiger partial charge >= 0.3 is 6.18 Å². The van der Waals surface area contributed by atoms with E-state index in [4.69, 9.17) is 0 Å². The number of hydrogen-bond donors (Lipinski definition) is 2. The van der Waals surface area contributed by atoms with Gasteiger partial charge in [-0.25, -0.2) is 0 Å². The first kappa shape index (κ1) is 25.0. The third-order valence-corrected chi connectivity index (χ3v) is 5.97. The van der Waals surface area contributed by atoms with Crippen molar-refractivity contribution in [2.45, 2.75) is 64.1 Å². The maximum absolute atomic E-state index is 12.9. The quantitative estimate of drug-likeness (QED) is 0.372. The average molecular weight is 465 g/mol. The van der Waals surface area contributed by atoms with Crippen molar-refractivity contribution in [1.29, 1.82) is 0 Å². The molecule has 0 amide bonds. The molecule has 1 aliphatic heterocycles. The van der Waals surface area contributed by atoms with Crippen LogP contribution in [0.5, 0.6) is 5.75 Å². The van der Waals surface area contributed by atoms with Gasteiger partial charge in [-0.1, -0.05) is 12.8 Å². The lowest BCUT2D eigenvalue weighted by atomic mass is 10.0. The van der Waals surface area contributed by atoms with Crippen LogP contribution in [-0.2, 0) is 11.0 Å². The number of nitrogens with one attached hydrogen (secondary N) is 1. The number of rotatable bonds is 10. The van der Waals surface area contributed by atoms with E-state index in [0.29, 0.717) is 29.6 Å². The number of benzene rings is 1. The molecule has 1 saturated heterocycles. The number of anilines is 1. The third-order valence-electron chi connectivity index (χ3n) is 5.97. The number of carbonyl (C=O) groups excluding carboxylic acids is 1. The summed E-state index contributed by atoms with van der Waals surface area (Å²) in [6.07, 6.45) is 3.52. The van der Waals surface area contributed by atoms with E-state index in [-0.39, 0.29) is 11.6 Å². The van der Waals surface area contributed by atoms with Gasteiger partial charge < -0.3 is 20.1 Å². The molecule has 0 aliphatic carbocycles. The lowest BCUT2D eigenvalue weighted by molar-refractivity contribution is -0.137. The van der Waals surface area contributed by atoms with E-state index < -0.39 is 17.5 Å². The lowest BCUT2D eigenvalue weighted by Crippen LogP contribution is -2.42. The highest BCUT2D eigenvalue weighted by molar-refractivity contribution is 5.70. The molecular formula is C24H31F3N4O2. The molecule has 2 N–H and O–H groups in total. The molecule has 180 valence electrons. The zero-order chi connectivity index (χ0) is 23.8. The van der Waals surface area contributed by atoms with Crippen molar-refractivity contribution in [1.82, 2.24) is 15.1 Å². The van der Waals surface area contributed by atoms with Crippen molar-refractivity contribution >= 4 is 12.1 Å². The van der Waals surface area contributed by atoms with Gasteiger partial charge in [0.1, 0.15) is 17.9 Å². The van der Waals surface area contributed by atoms with Gasteiger partial charge in [0, 0.05) is 24.6 Å². The van der Waals surface area contributed by atoms with Gasteiger partial charge in [0.05, 0.1) is 11.3 Å². The maximum atomic E-state index is 12.9. The predicted molar refractivity (Wildman–Crippen MR) is 121 cm³/mol. The minimum absolute atomic E-state index is 0.219. The number of aromatic hydroxyl groups is 1. The standard InChI is InChI=1S/C24H31F3N4O2/c1-17-14-22(28-19-8-7-12-31(16-19)11-5-3-2-4-6-13-32)29-30-23(17)20-10-9-18(15-21(20)33)24(25,26)27/h9-10,13-15,19,33H,2-8,11-12,16H2,1H3,(H,28,29). The second-order valence-electron chi connectivity index (χ2n) is 8.64. The summed E-state index contributed by atoms with van der Waals surface area (Å²) in [6, 6.07) is 4.92. The van der Waals surface area contributed by atoms with E-state index in [1.165, 1.54) is 6.07 Å². The first-order valence-electron chi connectivity index (χ1n) is 11.5. The van der Waals surface area contributed by atoms with E-state index in [0.717, 1.165) is 70.5 Å². The fourth-order valence-electron chi connectivity index (χ4n) is 4.23. The van der Waals surface area contributed by atoms with Gasteiger partial charge in [-0.15, -0.1) is 10.2 Å². The molecule has 0 bridgehead atoms. The number of aldehydes is 1. The van der Waals surface area contributed by atoms with E-state index in [1.54, 1.807) is 6.92 Å². The molecule has 9 heteroatoms. The van der Waals surface area contributed by atoms with Gasteiger partial charge in [0.15, 0.2) is 0 Å². The highest BCUT2D eigenvalue weighted by Gasteiger charge is 2.31. The zero-order valence-electron chi connectivity index (χ0n) is 18.9. The first-order chi connectivity index (χ1) is 15.8. The molecule has 1 aliphatic rings. The number of nitrogens with zero attached hydrogens (tertiary/aromatic N) is 3. The number of hydrogen-bond acceptors (Lipinski definition) is 6. The molecule has 0 radical (unpaired) electrons. The Morgan fingerprint density at radius 3 is 2.67 bits per heavy atom. The fraction of sp³-hybridized carbons (Fsp3) is 0.542. The van der Waals surface area contributed by atoms with Crippen molar-refractivity contribution in [3.63, 3.8) is 0 Å². The topological polar surface area (TPSA) is 78.4 Å². The molecule has 1 unspecified atom stereocenters. The molecule has 1 atom stereocenters. The van der Waals surface area contributed by atoms with Crippen LogP contribution in [0.2, 0.25) is 0 Å². The summed E-state index contributed by atoms with van der Waals surface area (Å²) in [7, 11) is 0. The SMILES string of the molecule is Cc1cc(NC2CCCN(CCCCCCC=O)C2)nnc1-c1ccc(C(F)(F)F)cc1O. The summed E-state index contributed by atoms with van der Waals surface area (Å²) in [5.41, 5.74) is 0.379. The summed E-state index contributed by atoms with van der Waals surface area (Å²) in [6.45, 7) is 4.82. The number of aryl methyl sites for hydroxylation is 1. The largest absolute Gasteiger partial charge is 0.507 e. The molecule has 2 aromatic rings. The minimum Gasteiger partial charge on any atom is -0.507 e. The molecule has 33 heavy (non-hydrogen) atoms. The summed E-state index contributed by atoms with van der Waals surface area (Å²) in [5.74, 6) is 0.139. The number of alkyl halides is 3. The first-order valence-corrected chi connectivity index (χ1v) is 11.5. The monoisotopic (exact) mass is 464 g/mol. The van der Waals surface area contributed by atoms with Crippen molar-refractivity contribution in [2.75, 3.05) is 25.0 Å². The van der Waals surface area contributed by atoms with E-state index >= 15 is 0 Å². The Bertz CT molecular complexity index is 936. The van der Waals surface area contributed by atoms with E-state index in [1.807, 2.05) is 6.07 Å². The van der Waals surface area contributed by atoms with Crippen molar-refractivity contribution in [2.24, 2.45) is 0 Å². The number of carbonyl (C=O) groups is 1. The van der Waals surface area contributed by atoms with Crippen LogP contribution in [0.3, 0.4) is 0 Å². The third kappa shape index (κ3) is 7.15. The Balaban J connectivity index is 1.57. The van der Waals surface area contributed by atoms with Crippen LogP contribution in [0, 0.1) is 6.92 Å². The number of halogens is 3. The van der Waals surface area contributed by atoms with Gasteiger partial charge in [-0.2, -0.15) is 13.2 Å². The molecular weight excluding hydrogens is 433 g/mol. The Hall–Kier alpha value is -2.68. The van der Waals surface area contributed by atoms with Gasteiger partial charge in [0.25, 0.3) is 0 Å². The second kappa shape index (κ2) is 11.4. The number of piperidine rings is 1. The Morgan fingerprint density at radius 2 is 1.97 bits per heavy atom. The Kier molecular flexibility index (Phi) is 8.66. The smallest absolute Gasteiger partial charge is 0.416 e. The van der Waals surface area contributed by atoms with Crippen molar-refractivity contribution in [3.8, 4) is 17.0 Å². The number of likely N-dealkylation sites (tertiary alicyclic amines) is 1. The highest BCUT2D eigenvalue weighted by Crippen LogP contribution is 2.36. The van der Waals surface area contributed by atoms with Crippen molar-refractivity contribution < 1.29 is 23.1 Å². The van der Waals surface area contributed by atoms with Crippen LogP contribution in [-0.4, -0.2) is 52.2 Å². The molecule has 3 rings (SSSR count). The van der Waals surface area contributed by atoms with Gasteiger partial charge in [-0.05, 0) is 75.5 Å². The molecule has 1 aromatic heterocycles. The normalized spacial score (nSPS) is 17.2. The fourth-order valence-corrected chi connectivity index (χ4v) is 4.23. The van der Waals surface area contributed by atoms with Crippen LogP contribution >= 0.6 is 0 Å². The number of phenolic OH excluding ortho intramolecular Hbond substituents is 1. The molecule has 6 nitrogen and oxygen atoms in total. The number of phenols is 1. The summed E-state index contributed by atoms with van der Waals surface area (Å²) in [4.78, 5) is 12.8. The maximum Gasteiger partial charge on any atom is 0.416 e. The van der Waals surface area contributed by atoms with Crippen LogP contribution < -0.4 is 5.32 Å². The Labute approximate surface area is 192 Å². The number of unbranched alkanes of at least 4 members (excludes halogenated alkanes) is 4. The highest BCUT2D eigenvalue weighted by atomic mass is 19.4. The van der Waals surface area contributed by atoms with E-state index in [9.17, 15) is 23.1 Å². The van der Waals surface area contributed by atoms with Crippen LogP contribution in [0.1, 0.15) is 56.1 Å². The Morgan fingerprint density at radius 1 is 1.18 bits per heavy atom. The van der Waals surface area contributed by atoms with Crippen molar-refractivity contribution in [3.05, 3.63) is 35.4 Å². The van der Waals surface area contributed by atoms with E-state index in [2.05, 4.69) is 20.4 Å². The van der Waals surface area contributed by atoms with Crippen LogP contribution in [0.4, 0.5) is 19.0 Å². The molecule has 2 heterocycles. The second-order valence-corrected chi connectivity index (χ2v) is 8.64. The molecule has 0 saturated carbocycles. The summed E-state index contributed by atoms with van der Waals surface area (Å²) < 4.78 is 38.6. The van der Waals surface area contributed by atoms with Crippen LogP contribution in [0.25, 0.3) is 11.3 Å². The molecule has 1 aromatic carbocycles. The summed E-state index contributed by atoms with van der Waals surface area (Å²) >= 11 is 0. The van der Waals surface area contributed by atoms with Gasteiger partial charge in [0.2, 0.25) is 0 Å². The van der Waals surface area contributed by atoms with Crippen LogP contribution in [0.15, 0.2) is 24.3 Å². The molecule has 0 spiro atoms. The molecule has 1 fully saturated rings. The minimum atomic E-state index is -4.52. The summed E-state index contributed by atoms with van der Waals surface area (Å²) in [5, 5.41) is 21.9. The lowest BCUT2D eigenvalue weighted by Gasteiger charge is -2.33. The average Bonchev–Trinajstić information content (AvgIpc) is 2.76. The number of aromatic nitrogens is 2.